The second-order valence-corrected chi connectivity index (χ2v) is 7.05. The van der Waals surface area contributed by atoms with E-state index in [9.17, 15) is 18.0 Å². The first-order chi connectivity index (χ1) is 15.8. The number of aromatic nitrogens is 1. The van der Waals surface area contributed by atoms with Gasteiger partial charge in [0.1, 0.15) is 23.7 Å². The van der Waals surface area contributed by atoms with E-state index >= 15 is 0 Å². The molecule has 0 saturated carbocycles. The molecule has 0 spiro atoms. The topological polar surface area (TPSA) is 84.5 Å². The van der Waals surface area contributed by atoms with Gasteiger partial charge in [-0.3, -0.25) is 4.98 Å². The predicted molar refractivity (Wildman–Crippen MR) is 119 cm³/mol. The van der Waals surface area contributed by atoms with Gasteiger partial charge in [0.25, 0.3) is 0 Å². The summed E-state index contributed by atoms with van der Waals surface area (Å²) in [6, 6.07) is 11.1. The molecule has 0 radical (unpaired) electrons. The average molecular weight is 481 g/mol. The number of pyridine rings is 1. The number of hydrogen-bond donors (Lipinski definition) is 3. The van der Waals surface area contributed by atoms with Gasteiger partial charge in [-0.05, 0) is 43.4 Å². The van der Waals surface area contributed by atoms with Gasteiger partial charge in [-0.15, -0.1) is 0 Å². The van der Waals surface area contributed by atoms with Crippen LogP contribution in [0.4, 0.5) is 29.3 Å². The first-order valence-corrected chi connectivity index (χ1v) is 10.1. The normalized spacial score (nSPS) is 11.1. The number of amides is 2. The lowest BCUT2D eigenvalue weighted by Gasteiger charge is -2.19. The Morgan fingerprint density at radius 3 is 2.52 bits per heavy atom. The number of hydrogen-bond acceptors (Lipinski definition) is 5. The number of carbonyl (C=O) groups excluding carboxylic acids is 1. The molecule has 0 aliphatic carbocycles. The molecule has 33 heavy (non-hydrogen) atoms. The van der Waals surface area contributed by atoms with Crippen LogP contribution in [0, 0.1) is 0 Å². The third kappa shape index (κ3) is 6.74. The Morgan fingerprint density at radius 2 is 1.82 bits per heavy atom. The van der Waals surface area contributed by atoms with Crippen LogP contribution in [0.1, 0.15) is 5.56 Å². The maximum Gasteiger partial charge on any atom is 0.422 e. The van der Waals surface area contributed by atoms with Crippen molar-refractivity contribution in [3.63, 3.8) is 0 Å². The van der Waals surface area contributed by atoms with Crippen LogP contribution >= 0.6 is 11.6 Å². The van der Waals surface area contributed by atoms with Crippen molar-refractivity contribution in [3.05, 3.63) is 71.5 Å². The molecule has 0 atom stereocenters. The van der Waals surface area contributed by atoms with E-state index in [0.29, 0.717) is 23.7 Å². The fourth-order valence-corrected chi connectivity index (χ4v) is 3.02. The lowest BCUT2D eigenvalue weighted by Crippen LogP contribution is -2.23. The highest BCUT2D eigenvalue weighted by Gasteiger charge is 2.39. The Balaban J connectivity index is 1.77. The summed E-state index contributed by atoms with van der Waals surface area (Å²) < 4.78 is 52.3. The highest BCUT2D eigenvalue weighted by molar-refractivity contribution is 6.32. The van der Waals surface area contributed by atoms with Crippen LogP contribution in [0.25, 0.3) is 0 Å². The Labute approximate surface area is 192 Å². The highest BCUT2D eigenvalue weighted by Crippen LogP contribution is 2.45. The van der Waals surface area contributed by atoms with Crippen molar-refractivity contribution in [2.24, 2.45) is 0 Å². The van der Waals surface area contributed by atoms with E-state index in [1.165, 1.54) is 12.1 Å². The monoisotopic (exact) mass is 480 g/mol. The zero-order valence-electron chi connectivity index (χ0n) is 17.4. The molecule has 11 heteroatoms. The van der Waals surface area contributed by atoms with Gasteiger partial charge in [0, 0.05) is 30.7 Å². The summed E-state index contributed by atoms with van der Waals surface area (Å²) in [5.74, 6) is 0.403. The first-order valence-electron chi connectivity index (χ1n) is 9.71. The van der Waals surface area contributed by atoms with Crippen molar-refractivity contribution in [3.8, 4) is 17.2 Å². The van der Waals surface area contributed by atoms with E-state index < -0.39 is 29.2 Å². The third-order valence-corrected chi connectivity index (χ3v) is 4.51. The van der Waals surface area contributed by atoms with Gasteiger partial charge in [0.05, 0.1) is 10.7 Å². The molecule has 174 valence electrons. The summed E-state index contributed by atoms with van der Waals surface area (Å²) in [5.41, 5.74) is -1.35. The lowest BCUT2D eigenvalue weighted by atomic mass is 10.1. The van der Waals surface area contributed by atoms with Crippen LogP contribution in [0.5, 0.6) is 17.2 Å². The fraction of sp³-hybridized carbons (Fsp3) is 0.182. The van der Waals surface area contributed by atoms with Gasteiger partial charge in [-0.2, -0.15) is 13.2 Å². The van der Waals surface area contributed by atoms with Crippen LogP contribution in [0.15, 0.2) is 60.9 Å². The average Bonchev–Trinajstić information content (AvgIpc) is 2.76. The van der Waals surface area contributed by atoms with Crippen LogP contribution in [0.2, 0.25) is 5.02 Å². The van der Waals surface area contributed by atoms with E-state index in [0.717, 1.165) is 6.07 Å². The molecule has 7 nitrogen and oxygen atoms in total. The van der Waals surface area contributed by atoms with E-state index in [1.807, 2.05) is 0 Å². The summed E-state index contributed by atoms with van der Waals surface area (Å²) in [4.78, 5) is 16.4. The number of nitrogens with one attached hydrogen (secondary N) is 3. The molecule has 3 aromatic rings. The zero-order chi connectivity index (χ0) is 23.8. The number of nitrogens with zero attached hydrogens (tertiary/aromatic N) is 1. The standard InChI is InChI=1S/C22H20ClF3N4O3/c1-27-11-12-32-20-17(23)5-6-18(19(20)22(24,25)26)30-21(31)29-14-3-2-4-16(13-14)33-15-7-9-28-10-8-15/h2-10,13,27H,11-12H2,1H3,(H2,29,30,31). The maximum absolute atomic E-state index is 13.8. The number of urea groups is 1. The molecule has 2 aromatic carbocycles. The number of carbonyl (C=O) groups is 1. The molecule has 0 fully saturated rings. The van der Waals surface area contributed by atoms with Crippen molar-refractivity contribution in [2.45, 2.75) is 6.18 Å². The van der Waals surface area contributed by atoms with Gasteiger partial charge < -0.3 is 25.4 Å². The van der Waals surface area contributed by atoms with E-state index in [-0.39, 0.29) is 11.6 Å². The second kappa shape index (κ2) is 10.9. The predicted octanol–water partition coefficient (Wildman–Crippen LogP) is 5.79. The number of rotatable bonds is 8. The zero-order valence-corrected chi connectivity index (χ0v) is 18.1. The van der Waals surface area contributed by atoms with E-state index in [4.69, 9.17) is 21.1 Å². The first kappa shape index (κ1) is 24.1. The summed E-state index contributed by atoms with van der Waals surface area (Å²) in [5, 5.41) is 7.26. The smallest absolute Gasteiger partial charge is 0.422 e. The summed E-state index contributed by atoms with van der Waals surface area (Å²) in [6.07, 6.45) is -1.70. The maximum atomic E-state index is 13.8. The number of alkyl halides is 3. The van der Waals surface area contributed by atoms with Gasteiger partial charge in [0.2, 0.25) is 0 Å². The molecule has 0 unspecified atom stereocenters. The number of halogens is 4. The third-order valence-electron chi connectivity index (χ3n) is 4.22. The molecule has 0 aliphatic rings. The van der Waals surface area contributed by atoms with Crippen molar-refractivity contribution in [1.29, 1.82) is 0 Å². The molecule has 3 rings (SSSR count). The number of ether oxygens (including phenoxy) is 2. The second-order valence-electron chi connectivity index (χ2n) is 6.64. The number of anilines is 2. The van der Waals surface area contributed by atoms with Crippen molar-refractivity contribution in [1.82, 2.24) is 10.3 Å². The molecular weight excluding hydrogens is 461 g/mol. The molecule has 2 amide bonds. The summed E-state index contributed by atoms with van der Waals surface area (Å²) >= 11 is 5.95. The van der Waals surface area contributed by atoms with Crippen LogP contribution < -0.4 is 25.4 Å². The summed E-state index contributed by atoms with van der Waals surface area (Å²) in [6.45, 7) is 0.267. The Hall–Kier alpha value is -3.50. The van der Waals surface area contributed by atoms with Gasteiger partial charge in [-0.25, -0.2) is 4.79 Å². The molecule has 1 heterocycles. The Kier molecular flexibility index (Phi) is 7.96. The minimum absolute atomic E-state index is 0.0424. The molecule has 3 N–H and O–H groups in total. The van der Waals surface area contributed by atoms with E-state index in [2.05, 4.69) is 20.9 Å². The van der Waals surface area contributed by atoms with Crippen molar-refractivity contribution >= 4 is 29.0 Å². The van der Waals surface area contributed by atoms with E-state index in [1.54, 1.807) is 49.8 Å². The number of benzene rings is 2. The van der Waals surface area contributed by atoms with Gasteiger partial charge in [-0.1, -0.05) is 17.7 Å². The summed E-state index contributed by atoms with van der Waals surface area (Å²) in [7, 11) is 1.63. The lowest BCUT2D eigenvalue weighted by molar-refractivity contribution is -0.138. The van der Waals surface area contributed by atoms with Gasteiger partial charge in [0.15, 0.2) is 5.75 Å². The Bertz CT molecular complexity index is 1100. The largest absolute Gasteiger partial charge is 0.490 e. The number of likely N-dealkylation sites (N-methyl/N-ethyl adjacent to an activating group) is 1. The molecular formula is C22H20ClF3N4O3. The van der Waals surface area contributed by atoms with Crippen LogP contribution in [0.3, 0.4) is 0 Å². The van der Waals surface area contributed by atoms with Gasteiger partial charge >= 0.3 is 12.2 Å². The Morgan fingerprint density at radius 1 is 1.06 bits per heavy atom. The minimum atomic E-state index is -4.82. The van der Waals surface area contributed by atoms with Crippen LogP contribution in [-0.2, 0) is 6.18 Å². The quantitative estimate of drug-likeness (QED) is 0.355. The highest BCUT2D eigenvalue weighted by atomic mass is 35.5. The molecule has 0 saturated heterocycles. The molecule has 0 bridgehead atoms. The molecule has 0 aliphatic heterocycles. The van der Waals surface area contributed by atoms with Crippen molar-refractivity contribution in [2.75, 3.05) is 30.8 Å². The SMILES string of the molecule is CNCCOc1c(Cl)ccc(NC(=O)Nc2cccc(Oc3ccncc3)c2)c1C(F)(F)F. The van der Waals surface area contributed by atoms with Crippen molar-refractivity contribution < 1.29 is 27.4 Å². The fourth-order valence-electron chi connectivity index (χ4n) is 2.80. The molecule has 1 aromatic heterocycles. The minimum Gasteiger partial charge on any atom is -0.490 e. The van der Waals surface area contributed by atoms with Crippen LogP contribution in [-0.4, -0.2) is 31.2 Å².